The minimum absolute atomic E-state index is 0.0817. The van der Waals surface area contributed by atoms with E-state index in [4.69, 9.17) is 9.84 Å². The van der Waals surface area contributed by atoms with Gasteiger partial charge in [-0.25, -0.2) is 0 Å². The van der Waals surface area contributed by atoms with Crippen molar-refractivity contribution in [2.24, 2.45) is 5.92 Å². The molecule has 0 spiro atoms. The van der Waals surface area contributed by atoms with Crippen LogP contribution in [0, 0.1) is 5.92 Å². The maximum Gasteiger partial charge on any atom is 0.303 e. The molecule has 2 aromatic rings. The predicted molar refractivity (Wildman–Crippen MR) is 103 cm³/mol. The highest BCUT2D eigenvalue weighted by Crippen LogP contribution is 2.18. The lowest BCUT2D eigenvalue weighted by Crippen LogP contribution is -2.15. The first-order valence-electron chi connectivity index (χ1n) is 9.21. The van der Waals surface area contributed by atoms with E-state index in [1.807, 2.05) is 11.6 Å². The van der Waals surface area contributed by atoms with Gasteiger partial charge in [-0.1, -0.05) is 20.8 Å². The smallest absolute Gasteiger partial charge is 0.303 e. The minimum atomic E-state index is -0.833. The number of aromatic nitrogens is 2. The number of hydrogen-bond acceptors (Lipinski definition) is 4. The fourth-order valence-corrected chi connectivity index (χ4v) is 2.72. The van der Waals surface area contributed by atoms with Gasteiger partial charge in [0.25, 0.3) is 5.91 Å². The molecule has 0 unspecified atom stereocenters. The van der Waals surface area contributed by atoms with Gasteiger partial charge in [0.15, 0.2) is 0 Å². The van der Waals surface area contributed by atoms with E-state index < -0.39 is 5.97 Å². The van der Waals surface area contributed by atoms with Crippen LogP contribution in [-0.2, 0) is 17.8 Å². The van der Waals surface area contributed by atoms with Crippen molar-refractivity contribution in [3.63, 3.8) is 0 Å². The Morgan fingerprint density at radius 3 is 2.56 bits per heavy atom. The van der Waals surface area contributed by atoms with Gasteiger partial charge in [-0.05, 0) is 43.0 Å². The Bertz CT molecular complexity index is 766. The number of carboxylic acids is 1. The van der Waals surface area contributed by atoms with Gasteiger partial charge in [0.05, 0.1) is 24.1 Å². The van der Waals surface area contributed by atoms with Crippen LogP contribution in [0.25, 0.3) is 0 Å². The van der Waals surface area contributed by atoms with Crippen LogP contribution >= 0.6 is 0 Å². The molecule has 146 valence electrons. The highest BCUT2D eigenvalue weighted by Gasteiger charge is 2.17. The standard InChI is InChI=1S/C20H27N3O4/c1-4-18-17(12-21-23(18)13-14(2)3)20(26)22-15-7-9-16(10-8-15)27-11-5-6-19(24)25/h7-10,12,14H,4-6,11,13H2,1-3H3,(H,22,26)(H,24,25). The summed E-state index contributed by atoms with van der Waals surface area (Å²) in [6.07, 6.45) is 2.89. The van der Waals surface area contributed by atoms with E-state index >= 15 is 0 Å². The number of aliphatic carboxylic acids is 1. The van der Waals surface area contributed by atoms with Gasteiger partial charge in [-0.3, -0.25) is 14.3 Å². The van der Waals surface area contributed by atoms with E-state index in [0.717, 1.165) is 18.7 Å². The van der Waals surface area contributed by atoms with Crippen molar-refractivity contribution in [1.29, 1.82) is 0 Å². The molecule has 0 bridgehead atoms. The monoisotopic (exact) mass is 373 g/mol. The first kappa shape index (κ1) is 20.5. The quantitative estimate of drug-likeness (QED) is 0.621. The Kier molecular flexibility index (Phi) is 7.40. The number of carbonyl (C=O) groups excluding carboxylic acids is 1. The summed E-state index contributed by atoms with van der Waals surface area (Å²) in [7, 11) is 0. The molecule has 0 atom stereocenters. The highest BCUT2D eigenvalue weighted by molar-refractivity contribution is 6.04. The normalized spacial score (nSPS) is 10.8. The van der Waals surface area contributed by atoms with Crippen LogP contribution in [0.15, 0.2) is 30.5 Å². The van der Waals surface area contributed by atoms with Crippen LogP contribution < -0.4 is 10.1 Å². The molecule has 0 aliphatic heterocycles. The van der Waals surface area contributed by atoms with E-state index in [1.165, 1.54) is 0 Å². The average molecular weight is 373 g/mol. The maximum absolute atomic E-state index is 12.6. The van der Waals surface area contributed by atoms with Crippen LogP contribution in [0.4, 0.5) is 5.69 Å². The first-order chi connectivity index (χ1) is 12.9. The Morgan fingerprint density at radius 1 is 1.26 bits per heavy atom. The molecule has 1 aromatic carbocycles. The lowest BCUT2D eigenvalue weighted by molar-refractivity contribution is -0.137. The molecular formula is C20H27N3O4. The molecule has 7 nitrogen and oxygen atoms in total. The van der Waals surface area contributed by atoms with Crippen molar-refractivity contribution in [2.75, 3.05) is 11.9 Å². The van der Waals surface area contributed by atoms with Gasteiger partial charge < -0.3 is 15.2 Å². The van der Waals surface area contributed by atoms with Gasteiger partial charge in [0.2, 0.25) is 0 Å². The highest BCUT2D eigenvalue weighted by atomic mass is 16.5. The molecule has 0 saturated carbocycles. The molecule has 27 heavy (non-hydrogen) atoms. The number of rotatable bonds is 10. The van der Waals surface area contributed by atoms with E-state index in [1.54, 1.807) is 30.5 Å². The molecular weight excluding hydrogens is 346 g/mol. The molecule has 0 aliphatic carbocycles. The predicted octanol–water partition coefficient (Wildman–Crippen LogP) is 3.60. The first-order valence-corrected chi connectivity index (χ1v) is 9.21. The summed E-state index contributed by atoms with van der Waals surface area (Å²) < 4.78 is 7.38. The largest absolute Gasteiger partial charge is 0.494 e. The number of benzene rings is 1. The third-order valence-corrected chi connectivity index (χ3v) is 3.98. The molecule has 7 heteroatoms. The number of ether oxygens (including phenoxy) is 1. The summed E-state index contributed by atoms with van der Waals surface area (Å²) in [6, 6.07) is 7.02. The van der Waals surface area contributed by atoms with Crippen molar-refractivity contribution < 1.29 is 19.4 Å². The minimum Gasteiger partial charge on any atom is -0.494 e. The SMILES string of the molecule is CCc1c(C(=O)Nc2ccc(OCCCC(=O)O)cc2)cnn1CC(C)C. The second-order valence-electron chi connectivity index (χ2n) is 6.76. The third-order valence-electron chi connectivity index (χ3n) is 3.98. The molecule has 2 rings (SSSR count). The van der Waals surface area contributed by atoms with Crippen molar-refractivity contribution in [1.82, 2.24) is 9.78 Å². The van der Waals surface area contributed by atoms with Crippen LogP contribution in [-0.4, -0.2) is 33.4 Å². The van der Waals surface area contributed by atoms with Crippen LogP contribution in [0.2, 0.25) is 0 Å². The second-order valence-corrected chi connectivity index (χ2v) is 6.76. The fourth-order valence-electron chi connectivity index (χ4n) is 2.72. The number of carboxylic acid groups (broad SMARTS) is 1. The lowest BCUT2D eigenvalue weighted by atomic mass is 10.1. The van der Waals surface area contributed by atoms with E-state index in [2.05, 4.69) is 24.3 Å². The topological polar surface area (TPSA) is 93.4 Å². The summed E-state index contributed by atoms with van der Waals surface area (Å²) in [4.78, 5) is 23.1. The van der Waals surface area contributed by atoms with E-state index in [0.29, 0.717) is 35.9 Å². The number of amides is 1. The molecule has 0 fully saturated rings. The molecule has 1 aromatic heterocycles. The number of hydrogen-bond donors (Lipinski definition) is 2. The maximum atomic E-state index is 12.6. The lowest BCUT2D eigenvalue weighted by Gasteiger charge is -2.11. The van der Waals surface area contributed by atoms with Crippen LogP contribution in [0.5, 0.6) is 5.75 Å². The fraction of sp³-hybridized carbons (Fsp3) is 0.450. The Labute approximate surface area is 159 Å². The van der Waals surface area contributed by atoms with Crippen molar-refractivity contribution in [2.45, 2.75) is 46.6 Å². The Morgan fingerprint density at radius 2 is 1.96 bits per heavy atom. The molecule has 1 heterocycles. The molecule has 0 saturated heterocycles. The number of anilines is 1. The zero-order valence-electron chi connectivity index (χ0n) is 16.1. The summed E-state index contributed by atoms with van der Waals surface area (Å²) in [6.45, 7) is 7.37. The summed E-state index contributed by atoms with van der Waals surface area (Å²) in [5, 5.41) is 15.8. The zero-order valence-corrected chi connectivity index (χ0v) is 16.1. The summed E-state index contributed by atoms with van der Waals surface area (Å²) in [5.41, 5.74) is 2.18. The summed E-state index contributed by atoms with van der Waals surface area (Å²) in [5.74, 6) is 0.0725. The van der Waals surface area contributed by atoms with E-state index in [9.17, 15) is 9.59 Å². The Hall–Kier alpha value is -2.83. The van der Waals surface area contributed by atoms with Crippen molar-refractivity contribution in [3.05, 3.63) is 41.7 Å². The molecule has 2 N–H and O–H groups in total. The van der Waals surface area contributed by atoms with Gasteiger partial charge >= 0.3 is 5.97 Å². The second kappa shape index (κ2) is 9.75. The number of nitrogens with one attached hydrogen (secondary N) is 1. The van der Waals surface area contributed by atoms with Crippen molar-refractivity contribution >= 4 is 17.6 Å². The van der Waals surface area contributed by atoms with Crippen molar-refractivity contribution in [3.8, 4) is 5.75 Å². The van der Waals surface area contributed by atoms with Crippen LogP contribution in [0.1, 0.15) is 49.7 Å². The van der Waals surface area contributed by atoms with E-state index in [-0.39, 0.29) is 12.3 Å². The Balaban J connectivity index is 1.96. The van der Waals surface area contributed by atoms with Gasteiger partial charge in [-0.2, -0.15) is 5.10 Å². The number of carbonyl (C=O) groups is 2. The third kappa shape index (κ3) is 6.13. The molecule has 0 radical (unpaired) electrons. The van der Waals surface area contributed by atoms with Crippen LogP contribution in [0.3, 0.4) is 0 Å². The van der Waals surface area contributed by atoms with Gasteiger partial charge in [0.1, 0.15) is 5.75 Å². The molecule has 1 amide bonds. The zero-order chi connectivity index (χ0) is 19.8. The average Bonchev–Trinajstić information content (AvgIpc) is 3.02. The molecule has 0 aliphatic rings. The number of nitrogens with zero attached hydrogens (tertiary/aromatic N) is 2. The van der Waals surface area contributed by atoms with Gasteiger partial charge in [-0.15, -0.1) is 0 Å². The summed E-state index contributed by atoms with van der Waals surface area (Å²) >= 11 is 0. The van der Waals surface area contributed by atoms with Gasteiger partial charge in [0, 0.05) is 18.7 Å².